The summed E-state index contributed by atoms with van der Waals surface area (Å²) in [6.45, 7) is 13.4. The first kappa shape index (κ1) is 26.1. The number of hydrogen-bond donors (Lipinski definition) is 0. The van der Waals surface area contributed by atoms with Gasteiger partial charge in [0.1, 0.15) is 12.7 Å². The van der Waals surface area contributed by atoms with Gasteiger partial charge in [-0.25, -0.2) is 0 Å². The standard InChI is InChI=1S/C18H34O8Si/c1-10-14-17(19-5,20-6)16(11-2)26-27(13-4,24-12-3)25-15-18(21-7,22-8)23-9/h10-11,13,16H,1-2,4,12,14-15H2,3,5-9H3. The molecule has 9 heteroatoms. The van der Waals surface area contributed by atoms with Crippen molar-refractivity contribution in [2.45, 2.75) is 31.2 Å². The Labute approximate surface area is 164 Å². The molecule has 0 heterocycles. The minimum Gasteiger partial charge on any atom is -0.371 e. The molecule has 0 saturated carbocycles. The summed E-state index contributed by atoms with van der Waals surface area (Å²) in [5, 5.41) is 0. The van der Waals surface area contributed by atoms with Gasteiger partial charge in [-0.05, 0) is 12.6 Å². The van der Waals surface area contributed by atoms with Gasteiger partial charge in [-0.2, -0.15) is 0 Å². The summed E-state index contributed by atoms with van der Waals surface area (Å²) in [6.07, 6.45) is 2.84. The molecule has 0 saturated heterocycles. The summed E-state index contributed by atoms with van der Waals surface area (Å²) in [5.74, 6) is -2.56. The summed E-state index contributed by atoms with van der Waals surface area (Å²) in [5.41, 5.74) is 1.50. The number of ether oxygens (including phenoxy) is 5. The predicted molar refractivity (Wildman–Crippen MR) is 104 cm³/mol. The van der Waals surface area contributed by atoms with E-state index in [9.17, 15) is 0 Å². The molecule has 0 rings (SSSR count). The molecule has 0 radical (unpaired) electrons. The van der Waals surface area contributed by atoms with Crippen molar-refractivity contribution in [3.63, 3.8) is 0 Å². The van der Waals surface area contributed by atoms with Crippen molar-refractivity contribution in [1.29, 1.82) is 0 Å². The Bertz CT molecular complexity index is 442. The van der Waals surface area contributed by atoms with Crippen LogP contribution < -0.4 is 0 Å². The van der Waals surface area contributed by atoms with Crippen LogP contribution in [0.15, 0.2) is 37.6 Å². The highest BCUT2D eigenvalue weighted by molar-refractivity contribution is 6.66. The highest BCUT2D eigenvalue weighted by Crippen LogP contribution is 2.29. The van der Waals surface area contributed by atoms with E-state index in [2.05, 4.69) is 19.7 Å². The normalized spacial score (nSPS) is 15.8. The molecule has 0 aromatic rings. The maximum atomic E-state index is 6.20. The molecule has 0 aromatic heterocycles. The highest BCUT2D eigenvalue weighted by Gasteiger charge is 2.49. The quantitative estimate of drug-likeness (QED) is 0.207. The van der Waals surface area contributed by atoms with Crippen LogP contribution in [-0.2, 0) is 37.0 Å². The second kappa shape index (κ2) is 12.6. The number of hydrogen-bond acceptors (Lipinski definition) is 8. The summed E-state index contributed by atoms with van der Waals surface area (Å²) >= 11 is 0. The third kappa shape index (κ3) is 6.59. The van der Waals surface area contributed by atoms with Crippen molar-refractivity contribution >= 4 is 8.80 Å². The van der Waals surface area contributed by atoms with Crippen LogP contribution in [0.5, 0.6) is 0 Å². The van der Waals surface area contributed by atoms with Crippen molar-refractivity contribution < 1.29 is 37.0 Å². The summed E-state index contributed by atoms with van der Waals surface area (Å²) in [7, 11) is 3.91. The molecule has 8 nitrogen and oxygen atoms in total. The Morgan fingerprint density at radius 1 is 0.889 bits per heavy atom. The minimum absolute atomic E-state index is 0.118. The molecule has 0 N–H and O–H groups in total. The van der Waals surface area contributed by atoms with Crippen molar-refractivity contribution in [3.8, 4) is 0 Å². The van der Waals surface area contributed by atoms with Gasteiger partial charge in [-0.15, -0.1) is 13.2 Å². The lowest BCUT2D eigenvalue weighted by atomic mass is 10.1. The zero-order valence-electron chi connectivity index (χ0n) is 17.3. The summed E-state index contributed by atoms with van der Waals surface area (Å²) in [6, 6.07) is 0. The Morgan fingerprint density at radius 2 is 1.44 bits per heavy atom. The Hall–Kier alpha value is -0.883. The van der Waals surface area contributed by atoms with Crippen LogP contribution in [0.3, 0.4) is 0 Å². The summed E-state index contributed by atoms with van der Waals surface area (Å²) in [4.78, 5) is 0. The van der Waals surface area contributed by atoms with Gasteiger partial charge >= 0.3 is 14.8 Å². The molecular formula is C18H34O8Si. The molecule has 0 aromatic carbocycles. The lowest BCUT2D eigenvalue weighted by molar-refractivity contribution is -0.364. The van der Waals surface area contributed by atoms with Gasteiger partial charge in [0, 0.05) is 48.6 Å². The van der Waals surface area contributed by atoms with E-state index in [4.69, 9.17) is 37.0 Å². The van der Waals surface area contributed by atoms with Gasteiger partial charge in [0.15, 0.2) is 5.79 Å². The molecule has 0 spiro atoms. The van der Waals surface area contributed by atoms with Crippen LogP contribution >= 0.6 is 0 Å². The van der Waals surface area contributed by atoms with E-state index in [0.717, 1.165) is 0 Å². The predicted octanol–water partition coefficient (Wildman–Crippen LogP) is 2.43. The lowest BCUT2D eigenvalue weighted by Crippen LogP contribution is -2.56. The molecule has 27 heavy (non-hydrogen) atoms. The van der Waals surface area contributed by atoms with E-state index in [-0.39, 0.29) is 6.61 Å². The molecule has 0 aliphatic rings. The monoisotopic (exact) mass is 406 g/mol. The van der Waals surface area contributed by atoms with Crippen molar-refractivity contribution in [2.24, 2.45) is 0 Å². The van der Waals surface area contributed by atoms with Crippen LogP contribution in [0.4, 0.5) is 0 Å². The van der Waals surface area contributed by atoms with Crippen LogP contribution in [0, 0.1) is 0 Å². The molecule has 2 atom stereocenters. The molecule has 158 valence electrons. The van der Waals surface area contributed by atoms with Gasteiger partial charge < -0.3 is 37.0 Å². The van der Waals surface area contributed by atoms with E-state index in [1.54, 1.807) is 12.2 Å². The van der Waals surface area contributed by atoms with Gasteiger partial charge in [0.25, 0.3) is 0 Å². The molecular weight excluding hydrogens is 372 g/mol. The SMILES string of the molecule is C=CCC(OC)(OC)C(C=C)O[Si](C=C)(OCC)OCC(OC)(OC)OC. The topological polar surface area (TPSA) is 73.8 Å². The first-order valence-electron chi connectivity index (χ1n) is 8.45. The van der Waals surface area contributed by atoms with Crippen molar-refractivity contribution in [2.75, 3.05) is 48.8 Å². The van der Waals surface area contributed by atoms with Crippen molar-refractivity contribution in [3.05, 3.63) is 37.6 Å². The fourth-order valence-corrected chi connectivity index (χ4v) is 4.35. The first-order chi connectivity index (χ1) is 12.9. The fraction of sp³-hybridized carbons (Fsp3) is 0.667. The van der Waals surface area contributed by atoms with Crippen LogP contribution in [0.2, 0.25) is 0 Å². The van der Waals surface area contributed by atoms with E-state index >= 15 is 0 Å². The molecule has 0 bridgehead atoms. The molecule has 0 aliphatic carbocycles. The van der Waals surface area contributed by atoms with Crippen LogP contribution in [-0.4, -0.2) is 75.4 Å². The van der Waals surface area contributed by atoms with Gasteiger partial charge in [-0.3, -0.25) is 0 Å². The van der Waals surface area contributed by atoms with Crippen LogP contribution in [0.1, 0.15) is 13.3 Å². The maximum absolute atomic E-state index is 6.20. The van der Waals surface area contributed by atoms with Gasteiger partial charge in [0.05, 0.1) is 0 Å². The zero-order valence-corrected chi connectivity index (χ0v) is 18.3. The van der Waals surface area contributed by atoms with Crippen molar-refractivity contribution in [1.82, 2.24) is 0 Å². The molecule has 0 aliphatic heterocycles. The van der Waals surface area contributed by atoms with Gasteiger partial charge in [-0.1, -0.05) is 18.7 Å². The third-order valence-electron chi connectivity index (χ3n) is 4.04. The smallest absolute Gasteiger partial charge is 0.371 e. The Kier molecular flexibility index (Phi) is 12.1. The Morgan fingerprint density at radius 3 is 1.78 bits per heavy atom. The fourth-order valence-electron chi connectivity index (χ4n) is 2.39. The summed E-state index contributed by atoms with van der Waals surface area (Å²) < 4.78 is 44.9. The highest BCUT2D eigenvalue weighted by atomic mass is 28.4. The first-order valence-corrected chi connectivity index (χ1v) is 10.2. The zero-order chi connectivity index (χ0) is 21.0. The van der Waals surface area contributed by atoms with E-state index < -0.39 is 26.7 Å². The molecule has 2 unspecified atom stereocenters. The van der Waals surface area contributed by atoms with E-state index in [1.807, 2.05) is 6.92 Å². The van der Waals surface area contributed by atoms with Crippen LogP contribution in [0.25, 0.3) is 0 Å². The molecule has 0 fully saturated rings. The minimum atomic E-state index is -3.43. The lowest BCUT2D eigenvalue weighted by Gasteiger charge is -2.40. The number of rotatable bonds is 17. The van der Waals surface area contributed by atoms with E-state index in [1.165, 1.54) is 41.2 Å². The molecule has 0 amide bonds. The number of methoxy groups -OCH3 is 5. The second-order valence-electron chi connectivity index (χ2n) is 5.31. The second-order valence-corrected chi connectivity index (χ2v) is 7.74. The third-order valence-corrected chi connectivity index (χ3v) is 6.36. The van der Waals surface area contributed by atoms with Gasteiger partial charge in [0.2, 0.25) is 0 Å². The van der Waals surface area contributed by atoms with E-state index in [0.29, 0.717) is 13.0 Å². The maximum Gasteiger partial charge on any atom is 0.529 e. The largest absolute Gasteiger partial charge is 0.529 e. The Balaban J connectivity index is 5.73. The average molecular weight is 407 g/mol. The average Bonchev–Trinajstić information content (AvgIpc) is 2.71.